The Kier molecular flexibility index (Phi) is 5.23. The summed E-state index contributed by atoms with van der Waals surface area (Å²) < 4.78 is 0. The van der Waals surface area contributed by atoms with Gasteiger partial charge in [0.15, 0.2) is 0 Å². The summed E-state index contributed by atoms with van der Waals surface area (Å²) in [5, 5.41) is 13.7. The first kappa shape index (κ1) is 18.1. The smallest absolute Gasteiger partial charge is 0.318 e. The average Bonchev–Trinajstić information content (AvgIpc) is 2.84. The highest BCUT2D eigenvalue weighted by Crippen LogP contribution is 2.41. The van der Waals surface area contributed by atoms with Gasteiger partial charge in [0.2, 0.25) is 0 Å². The summed E-state index contributed by atoms with van der Waals surface area (Å²) in [5.41, 5.74) is 1.28. The molecule has 3 rings (SSSR count). The van der Waals surface area contributed by atoms with Gasteiger partial charge in [-0.05, 0) is 29.7 Å². The predicted octanol–water partition coefficient (Wildman–Crippen LogP) is 3.84. The second-order valence-electron chi connectivity index (χ2n) is 6.28. The van der Waals surface area contributed by atoms with Crippen molar-refractivity contribution in [2.45, 2.75) is 24.4 Å². The van der Waals surface area contributed by atoms with E-state index in [1.807, 2.05) is 36.4 Å². The third-order valence-corrected chi connectivity index (χ3v) is 5.71. The van der Waals surface area contributed by atoms with Crippen molar-refractivity contribution >= 4 is 29.2 Å². The van der Waals surface area contributed by atoms with Gasteiger partial charge in [-0.3, -0.25) is 0 Å². The molecule has 0 aliphatic carbocycles. The van der Waals surface area contributed by atoms with Crippen LogP contribution in [-0.4, -0.2) is 35.7 Å². The Hall–Kier alpha value is -1.75. The summed E-state index contributed by atoms with van der Waals surface area (Å²) in [5.74, 6) is 0. The van der Waals surface area contributed by atoms with Gasteiger partial charge in [-0.25, -0.2) is 4.79 Å². The Morgan fingerprint density at radius 1 is 1.16 bits per heavy atom. The van der Waals surface area contributed by atoms with Gasteiger partial charge in [-0.2, -0.15) is 0 Å². The summed E-state index contributed by atoms with van der Waals surface area (Å²) in [6.07, 6.45) is 1.05. The van der Waals surface area contributed by atoms with Gasteiger partial charge in [0.1, 0.15) is 0 Å². The number of rotatable bonds is 5. The standard InChI is InChI=1S/C19H20Cl2N2O2/c1-23-18(25)22-17(11-13-5-3-2-4-6-13)19(23,9-10-24)14-7-8-15(20)16(21)12-14/h2-8,12,17,24H,9-11H2,1H3,(H,22,25). The Morgan fingerprint density at radius 3 is 2.52 bits per heavy atom. The number of benzene rings is 2. The van der Waals surface area contributed by atoms with Crippen LogP contribution in [0.1, 0.15) is 17.5 Å². The highest BCUT2D eigenvalue weighted by molar-refractivity contribution is 6.42. The number of nitrogens with zero attached hydrogens (tertiary/aromatic N) is 1. The van der Waals surface area contributed by atoms with Gasteiger partial charge in [0.25, 0.3) is 0 Å². The van der Waals surface area contributed by atoms with E-state index in [9.17, 15) is 9.90 Å². The van der Waals surface area contributed by atoms with Crippen molar-refractivity contribution in [3.8, 4) is 0 Å². The second-order valence-corrected chi connectivity index (χ2v) is 7.09. The van der Waals surface area contributed by atoms with Gasteiger partial charge in [0.05, 0.1) is 21.6 Å². The van der Waals surface area contributed by atoms with Crippen molar-refractivity contribution in [1.29, 1.82) is 0 Å². The molecular formula is C19H20Cl2N2O2. The highest BCUT2D eigenvalue weighted by Gasteiger charge is 2.51. The van der Waals surface area contributed by atoms with Crippen LogP contribution >= 0.6 is 23.2 Å². The number of likely N-dealkylation sites (N-methyl/N-ethyl adjacent to an activating group) is 1. The van der Waals surface area contributed by atoms with Crippen LogP contribution in [-0.2, 0) is 12.0 Å². The second kappa shape index (κ2) is 7.24. The predicted molar refractivity (Wildman–Crippen MR) is 100 cm³/mol. The number of amides is 2. The largest absolute Gasteiger partial charge is 0.396 e. The van der Waals surface area contributed by atoms with Gasteiger partial charge in [-0.15, -0.1) is 0 Å². The molecule has 0 spiro atoms. The first-order chi connectivity index (χ1) is 12.0. The van der Waals surface area contributed by atoms with E-state index in [1.54, 1.807) is 24.1 Å². The van der Waals surface area contributed by atoms with E-state index in [4.69, 9.17) is 23.2 Å². The Morgan fingerprint density at radius 2 is 1.88 bits per heavy atom. The minimum Gasteiger partial charge on any atom is -0.396 e. The molecule has 2 N–H and O–H groups in total. The summed E-state index contributed by atoms with van der Waals surface area (Å²) in [6, 6.07) is 15.0. The minimum atomic E-state index is -0.699. The quantitative estimate of drug-likeness (QED) is 0.830. The summed E-state index contributed by atoms with van der Waals surface area (Å²) >= 11 is 12.3. The molecule has 0 radical (unpaired) electrons. The minimum absolute atomic E-state index is 0.0508. The molecule has 1 fully saturated rings. The lowest BCUT2D eigenvalue weighted by atomic mass is 9.78. The van der Waals surface area contributed by atoms with E-state index in [2.05, 4.69) is 5.32 Å². The zero-order chi connectivity index (χ0) is 18.0. The zero-order valence-electron chi connectivity index (χ0n) is 13.9. The zero-order valence-corrected chi connectivity index (χ0v) is 15.4. The number of urea groups is 1. The number of halogens is 2. The van der Waals surface area contributed by atoms with Crippen LogP contribution in [0.3, 0.4) is 0 Å². The number of carbonyl (C=O) groups excluding carboxylic acids is 1. The van der Waals surface area contributed by atoms with Crippen molar-refractivity contribution in [3.63, 3.8) is 0 Å². The highest BCUT2D eigenvalue weighted by atomic mass is 35.5. The number of carbonyl (C=O) groups is 1. The molecule has 4 nitrogen and oxygen atoms in total. The van der Waals surface area contributed by atoms with Gasteiger partial charge < -0.3 is 15.3 Å². The maximum Gasteiger partial charge on any atom is 0.318 e. The van der Waals surface area contributed by atoms with Crippen LogP contribution in [0, 0.1) is 0 Å². The van der Waals surface area contributed by atoms with Crippen molar-refractivity contribution in [2.24, 2.45) is 0 Å². The van der Waals surface area contributed by atoms with Crippen molar-refractivity contribution < 1.29 is 9.90 Å². The Labute approximate surface area is 157 Å². The van der Waals surface area contributed by atoms with Crippen molar-refractivity contribution in [2.75, 3.05) is 13.7 Å². The van der Waals surface area contributed by atoms with E-state index in [0.29, 0.717) is 22.9 Å². The number of aliphatic hydroxyl groups is 1. The SMILES string of the molecule is CN1C(=O)NC(Cc2ccccc2)C1(CCO)c1ccc(Cl)c(Cl)c1. The molecule has 6 heteroatoms. The van der Waals surface area contributed by atoms with Gasteiger partial charge >= 0.3 is 6.03 Å². The van der Waals surface area contributed by atoms with E-state index in [0.717, 1.165) is 11.1 Å². The van der Waals surface area contributed by atoms with E-state index in [-0.39, 0.29) is 18.7 Å². The van der Waals surface area contributed by atoms with Gasteiger partial charge in [-0.1, -0.05) is 59.6 Å². The maximum atomic E-state index is 12.5. The summed E-state index contributed by atoms with van der Waals surface area (Å²) in [6.45, 7) is -0.0508. The fourth-order valence-electron chi connectivity index (χ4n) is 3.67. The molecule has 1 aliphatic heterocycles. The number of hydrogen-bond acceptors (Lipinski definition) is 2. The first-order valence-corrected chi connectivity index (χ1v) is 8.89. The Bertz CT molecular complexity index is 769. The number of nitrogens with one attached hydrogen (secondary N) is 1. The molecule has 2 aromatic carbocycles. The molecule has 0 saturated carbocycles. The fraction of sp³-hybridized carbons (Fsp3) is 0.316. The van der Waals surface area contributed by atoms with Gasteiger partial charge in [0, 0.05) is 20.1 Å². The molecule has 2 atom stereocenters. The van der Waals surface area contributed by atoms with Crippen LogP contribution in [0.5, 0.6) is 0 Å². The monoisotopic (exact) mass is 378 g/mol. The average molecular weight is 379 g/mol. The molecule has 132 valence electrons. The lowest BCUT2D eigenvalue weighted by molar-refractivity contribution is 0.120. The number of aliphatic hydroxyl groups excluding tert-OH is 1. The van der Waals surface area contributed by atoms with Crippen molar-refractivity contribution in [3.05, 3.63) is 69.7 Å². The van der Waals surface area contributed by atoms with Crippen molar-refractivity contribution in [1.82, 2.24) is 10.2 Å². The lowest BCUT2D eigenvalue weighted by Gasteiger charge is -2.39. The lowest BCUT2D eigenvalue weighted by Crippen LogP contribution is -2.49. The third kappa shape index (κ3) is 3.22. The molecule has 2 aromatic rings. The number of hydrogen-bond donors (Lipinski definition) is 2. The van der Waals surface area contributed by atoms with E-state index in [1.165, 1.54) is 0 Å². The normalized spacial score (nSPS) is 23.0. The van der Waals surface area contributed by atoms with Crippen LogP contribution in [0.15, 0.2) is 48.5 Å². The van der Waals surface area contributed by atoms with Crippen LogP contribution in [0.25, 0.3) is 0 Å². The molecule has 2 amide bonds. The van der Waals surface area contributed by atoms with E-state index < -0.39 is 5.54 Å². The molecule has 1 saturated heterocycles. The molecule has 2 unspecified atom stereocenters. The molecule has 25 heavy (non-hydrogen) atoms. The summed E-state index contributed by atoms with van der Waals surface area (Å²) in [7, 11) is 1.75. The fourth-order valence-corrected chi connectivity index (χ4v) is 3.96. The van der Waals surface area contributed by atoms with Crippen LogP contribution < -0.4 is 5.32 Å². The molecule has 1 heterocycles. The molecule has 1 aliphatic rings. The van der Waals surface area contributed by atoms with Crippen LogP contribution in [0.2, 0.25) is 10.0 Å². The molecule has 0 bridgehead atoms. The first-order valence-electron chi connectivity index (χ1n) is 8.13. The molecular weight excluding hydrogens is 359 g/mol. The Balaban J connectivity index is 2.08. The maximum absolute atomic E-state index is 12.5. The summed E-state index contributed by atoms with van der Waals surface area (Å²) in [4.78, 5) is 14.1. The third-order valence-electron chi connectivity index (χ3n) is 4.97. The van der Waals surface area contributed by atoms with E-state index >= 15 is 0 Å². The van der Waals surface area contributed by atoms with Crippen LogP contribution in [0.4, 0.5) is 4.79 Å². The topological polar surface area (TPSA) is 52.6 Å². The molecule has 0 aromatic heterocycles.